The Labute approximate surface area is 157 Å². The number of nitrogens with zero attached hydrogens (tertiary/aromatic N) is 2. The number of hydrogen-bond donors (Lipinski definition) is 1. The Morgan fingerprint density at radius 2 is 1.74 bits per heavy atom. The monoisotopic (exact) mass is 357 g/mol. The summed E-state index contributed by atoms with van der Waals surface area (Å²) in [7, 11) is 0. The molecule has 0 aliphatic carbocycles. The molecular weight excluding hydrogens is 338 g/mol. The molecule has 0 radical (unpaired) electrons. The summed E-state index contributed by atoms with van der Waals surface area (Å²) in [6, 6.07) is 17.5. The van der Waals surface area contributed by atoms with Crippen LogP contribution >= 0.6 is 0 Å². The fourth-order valence-electron chi connectivity index (χ4n) is 3.20. The van der Waals surface area contributed by atoms with Gasteiger partial charge in [-0.1, -0.05) is 53.2 Å². The number of fused-ring (bicyclic) bond motifs is 1. The fraction of sp³-hybridized carbons (Fsp3) is 0.136. The van der Waals surface area contributed by atoms with Crippen LogP contribution in [0.15, 0.2) is 59.1 Å². The van der Waals surface area contributed by atoms with Crippen molar-refractivity contribution in [2.45, 2.75) is 20.8 Å². The van der Waals surface area contributed by atoms with E-state index in [0.717, 1.165) is 27.7 Å². The zero-order chi connectivity index (χ0) is 19.0. The van der Waals surface area contributed by atoms with E-state index in [1.54, 1.807) is 13.0 Å². The molecule has 0 atom stereocenters. The molecule has 0 saturated carbocycles. The molecule has 134 valence electrons. The quantitative estimate of drug-likeness (QED) is 0.556. The lowest BCUT2D eigenvalue weighted by molar-refractivity contribution is 0.102. The maximum Gasteiger partial charge on any atom is 0.257 e. The van der Waals surface area contributed by atoms with Crippen LogP contribution < -0.4 is 5.32 Å². The molecule has 0 bridgehead atoms. The van der Waals surface area contributed by atoms with Crippen molar-refractivity contribution in [3.63, 3.8) is 0 Å². The molecule has 4 aromatic rings. The van der Waals surface area contributed by atoms with E-state index in [-0.39, 0.29) is 5.91 Å². The van der Waals surface area contributed by atoms with Gasteiger partial charge in [0.05, 0.1) is 16.8 Å². The lowest BCUT2D eigenvalue weighted by atomic mass is 9.97. The van der Waals surface area contributed by atoms with Gasteiger partial charge in [-0.15, -0.1) is 0 Å². The van der Waals surface area contributed by atoms with Crippen molar-refractivity contribution < 1.29 is 9.32 Å². The number of aromatic nitrogens is 2. The van der Waals surface area contributed by atoms with Gasteiger partial charge in [-0.2, -0.15) is 0 Å². The average molecular weight is 357 g/mol. The van der Waals surface area contributed by atoms with Crippen molar-refractivity contribution in [2.24, 2.45) is 0 Å². The van der Waals surface area contributed by atoms with E-state index in [0.29, 0.717) is 17.1 Å². The summed E-state index contributed by atoms with van der Waals surface area (Å²) in [6.45, 7) is 5.76. The van der Waals surface area contributed by atoms with Gasteiger partial charge in [0.2, 0.25) is 0 Å². The molecule has 2 aromatic heterocycles. The van der Waals surface area contributed by atoms with Crippen molar-refractivity contribution in [3.05, 3.63) is 77.0 Å². The van der Waals surface area contributed by atoms with Gasteiger partial charge in [-0.05, 0) is 32.4 Å². The molecule has 2 aromatic carbocycles. The van der Waals surface area contributed by atoms with E-state index in [9.17, 15) is 4.79 Å². The maximum absolute atomic E-state index is 13.1. The van der Waals surface area contributed by atoms with E-state index in [1.165, 1.54) is 5.56 Å². The van der Waals surface area contributed by atoms with Gasteiger partial charge >= 0.3 is 0 Å². The average Bonchev–Trinajstić information content (AvgIpc) is 3.06. The molecule has 2 heterocycles. The van der Waals surface area contributed by atoms with E-state index in [2.05, 4.69) is 10.5 Å². The van der Waals surface area contributed by atoms with Gasteiger partial charge in [0, 0.05) is 17.0 Å². The molecule has 5 heteroatoms. The van der Waals surface area contributed by atoms with Crippen molar-refractivity contribution in [1.82, 2.24) is 10.1 Å². The number of carbonyl (C=O) groups excluding carboxylic acids is 1. The minimum atomic E-state index is -0.229. The molecule has 1 amide bonds. The highest BCUT2D eigenvalue weighted by Crippen LogP contribution is 2.30. The van der Waals surface area contributed by atoms with Crippen molar-refractivity contribution in [2.75, 3.05) is 5.32 Å². The molecule has 0 aliphatic rings. The number of para-hydroxylation sites is 1. The van der Waals surface area contributed by atoms with E-state index >= 15 is 0 Å². The minimum absolute atomic E-state index is 0.229. The fourth-order valence-corrected chi connectivity index (χ4v) is 3.20. The molecule has 0 spiro atoms. The normalized spacial score (nSPS) is 10.9. The Hall–Kier alpha value is -3.47. The molecule has 0 aliphatic heterocycles. The number of amides is 1. The lowest BCUT2D eigenvalue weighted by Crippen LogP contribution is -2.15. The second-order valence-corrected chi connectivity index (χ2v) is 6.62. The minimum Gasteiger partial charge on any atom is -0.360 e. The van der Waals surface area contributed by atoms with Crippen molar-refractivity contribution in [3.8, 4) is 11.3 Å². The molecule has 4 rings (SSSR count). The van der Waals surface area contributed by atoms with Crippen LogP contribution in [0.3, 0.4) is 0 Å². The standard InChI is InChI=1S/C22H19N3O2/c1-13-8-10-16(11-9-13)21-15(3)20(17-6-4-5-7-18(17)23-21)22(26)24-19-12-14(2)27-25-19/h4-12H,1-3H3,(H,24,25,26). The van der Waals surface area contributed by atoms with Crippen LogP contribution in [-0.2, 0) is 0 Å². The summed E-state index contributed by atoms with van der Waals surface area (Å²) >= 11 is 0. The smallest absolute Gasteiger partial charge is 0.257 e. The van der Waals surface area contributed by atoms with Crippen LogP contribution in [0.1, 0.15) is 27.2 Å². The predicted octanol–water partition coefficient (Wildman–Crippen LogP) is 5.07. The van der Waals surface area contributed by atoms with Gasteiger partial charge < -0.3 is 9.84 Å². The van der Waals surface area contributed by atoms with Crippen LogP contribution in [0.25, 0.3) is 22.2 Å². The number of aryl methyl sites for hydroxylation is 2. The number of hydrogen-bond acceptors (Lipinski definition) is 4. The Bertz CT molecular complexity index is 1140. The third-order valence-electron chi connectivity index (χ3n) is 4.56. The van der Waals surface area contributed by atoms with Gasteiger partial charge in [-0.25, -0.2) is 4.98 Å². The van der Waals surface area contributed by atoms with Crippen molar-refractivity contribution >= 4 is 22.6 Å². The highest BCUT2D eigenvalue weighted by molar-refractivity contribution is 6.14. The second kappa shape index (κ2) is 6.68. The number of benzene rings is 2. The van der Waals surface area contributed by atoms with Gasteiger partial charge in [0.1, 0.15) is 5.76 Å². The number of anilines is 1. The molecule has 0 unspecified atom stereocenters. The first-order chi connectivity index (χ1) is 13.0. The lowest BCUT2D eigenvalue weighted by Gasteiger charge is -2.14. The third kappa shape index (κ3) is 3.19. The van der Waals surface area contributed by atoms with Crippen LogP contribution in [0.2, 0.25) is 0 Å². The zero-order valence-corrected chi connectivity index (χ0v) is 15.4. The van der Waals surface area contributed by atoms with Crippen molar-refractivity contribution in [1.29, 1.82) is 0 Å². The number of pyridine rings is 1. The van der Waals surface area contributed by atoms with Crippen LogP contribution in [-0.4, -0.2) is 16.0 Å². The maximum atomic E-state index is 13.1. The zero-order valence-electron chi connectivity index (χ0n) is 15.4. The van der Waals surface area contributed by atoms with Crippen LogP contribution in [0, 0.1) is 20.8 Å². The topological polar surface area (TPSA) is 68.0 Å². The van der Waals surface area contributed by atoms with Crippen LogP contribution in [0.5, 0.6) is 0 Å². The summed E-state index contributed by atoms with van der Waals surface area (Å²) < 4.78 is 5.05. The Morgan fingerprint density at radius 1 is 1.00 bits per heavy atom. The third-order valence-corrected chi connectivity index (χ3v) is 4.56. The predicted molar refractivity (Wildman–Crippen MR) is 106 cm³/mol. The Kier molecular flexibility index (Phi) is 4.20. The van der Waals surface area contributed by atoms with E-state index < -0.39 is 0 Å². The summed E-state index contributed by atoms with van der Waals surface area (Å²) in [6.07, 6.45) is 0. The van der Waals surface area contributed by atoms with E-state index in [4.69, 9.17) is 9.51 Å². The first-order valence-electron chi connectivity index (χ1n) is 8.74. The molecular formula is C22H19N3O2. The SMILES string of the molecule is Cc1ccc(-c2nc3ccccc3c(C(=O)Nc3cc(C)on3)c2C)cc1. The molecule has 0 saturated heterocycles. The van der Waals surface area contributed by atoms with Crippen LogP contribution in [0.4, 0.5) is 5.82 Å². The first-order valence-corrected chi connectivity index (χ1v) is 8.74. The second-order valence-electron chi connectivity index (χ2n) is 6.62. The van der Waals surface area contributed by atoms with Gasteiger partial charge in [0.25, 0.3) is 5.91 Å². The number of nitrogens with one attached hydrogen (secondary N) is 1. The Morgan fingerprint density at radius 3 is 2.44 bits per heavy atom. The molecule has 0 fully saturated rings. The largest absolute Gasteiger partial charge is 0.360 e. The molecule has 5 nitrogen and oxygen atoms in total. The number of rotatable bonds is 3. The summed E-state index contributed by atoms with van der Waals surface area (Å²) in [4.78, 5) is 17.9. The highest BCUT2D eigenvalue weighted by atomic mass is 16.5. The Balaban J connectivity index is 1.88. The molecule has 1 N–H and O–H groups in total. The summed E-state index contributed by atoms with van der Waals surface area (Å²) in [5, 5.41) is 7.50. The first kappa shape index (κ1) is 17.0. The number of carbonyl (C=O) groups is 1. The molecule has 27 heavy (non-hydrogen) atoms. The summed E-state index contributed by atoms with van der Waals surface area (Å²) in [5.41, 5.74) is 5.16. The van der Waals surface area contributed by atoms with E-state index in [1.807, 2.05) is 62.4 Å². The van der Waals surface area contributed by atoms with Gasteiger partial charge in [0.15, 0.2) is 5.82 Å². The highest BCUT2D eigenvalue weighted by Gasteiger charge is 2.19. The summed E-state index contributed by atoms with van der Waals surface area (Å²) in [5.74, 6) is 0.810. The van der Waals surface area contributed by atoms with Gasteiger partial charge in [-0.3, -0.25) is 4.79 Å².